The van der Waals surface area contributed by atoms with Crippen LogP contribution >= 0.6 is 34.2 Å². The summed E-state index contributed by atoms with van der Waals surface area (Å²) in [6.07, 6.45) is 0. The highest BCUT2D eigenvalue weighted by Gasteiger charge is 2.14. The average molecular weight is 401 g/mol. The summed E-state index contributed by atoms with van der Waals surface area (Å²) in [5, 5.41) is 0.534. The van der Waals surface area contributed by atoms with Crippen molar-refractivity contribution < 1.29 is 0 Å². The Morgan fingerprint density at radius 3 is 2.05 bits per heavy atom. The molecule has 0 saturated carbocycles. The van der Waals surface area contributed by atoms with Crippen LogP contribution in [0, 0.1) is 3.57 Å². The molecule has 0 bridgehead atoms. The third-order valence-corrected chi connectivity index (χ3v) is 4.87. The van der Waals surface area contributed by atoms with Crippen LogP contribution in [-0.4, -0.2) is 9.97 Å². The zero-order valence-corrected chi connectivity index (χ0v) is 15.0. The van der Waals surface area contributed by atoms with Gasteiger partial charge in [-0.3, -0.25) is 0 Å². The summed E-state index contributed by atoms with van der Waals surface area (Å²) in [5.41, 5.74) is 3.33. The van der Waals surface area contributed by atoms with E-state index < -0.39 is 0 Å². The molecule has 0 saturated heterocycles. The van der Waals surface area contributed by atoms with Crippen molar-refractivity contribution in [2.24, 2.45) is 0 Å². The summed E-state index contributed by atoms with van der Waals surface area (Å²) in [5.74, 6) is 1.56. The van der Waals surface area contributed by atoms with Crippen LogP contribution in [0.1, 0.15) is 50.8 Å². The van der Waals surface area contributed by atoms with Crippen molar-refractivity contribution in [1.82, 2.24) is 9.97 Å². The van der Waals surface area contributed by atoms with Gasteiger partial charge in [-0.25, -0.2) is 9.97 Å². The fourth-order valence-electron chi connectivity index (χ4n) is 1.96. The van der Waals surface area contributed by atoms with Gasteiger partial charge >= 0.3 is 0 Å². The molecule has 0 radical (unpaired) electrons. The normalized spacial score (nSPS) is 11.4. The Labute approximate surface area is 139 Å². The molecule has 2 aromatic rings. The van der Waals surface area contributed by atoms with Gasteiger partial charge in [0.15, 0.2) is 5.82 Å². The Morgan fingerprint density at radius 1 is 0.950 bits per heavy atom. The lowest BCUT2D eigenvalue weighted by Gasteiger charge is -2.11. The van der Waals surface area contributed by atoms with Gasteiger partial charge < -0.3 is 0 Å². The first-order valence-electron chi connectivity index (χ1n) is 6.73. The Morgan fingerprint density at radius 2 is 1.55 bits per heavy atom. The van der Waals surface area contributed by atoms with E-state index in [0.717, 1.165) is 14.8 Å². The zero-order chi connectivity index (χ0) is 14.9. The van der Waals surface area contributed by atoms with Crippen LogP contribution in [0.4, 0.5) is 0 Å². The maximum atomic E-state index is 6.24. The molecule has 0 atom stereocenters. The van der Waals surface area contributed by atoms with Crippen LogP contribution in [0.5, 0.6) is 0 Å². The fourth-order valence-corrected chi connectivity index (χ4v) is 3.01. The second-order valence-corrected chi connectivity index (χ2v) is 6.91. The first-order chi connectivity index (χ1) is 9.40. The van der Waals surface area contributed by atoms with Crippen LogP contribution < -0.4 is 0 Å². The molecule has 0 aliphatic heterocycles. The van der Waals surface area contributed by atoms with Crippen molar-refractivity contribution in [3.05, 3.63) is 44.2 Å². The molecular formula is C16H18ClIN2. The van der Waals surface area contributed by atoms with E-state index in [2.05, 4.69) is 84.5 Å². The van der Waals surface area contributed by atoms with E-state index in [9.17, 15) is 0 Å². The maximum absolute atomic E-state index is 6.24. The van der Waals surface area contributed by atoms with Crippen LogP contribution in [0.3, 0.4) is 0 Å². The van der Waals surface area contributed by atoms with Crippen molar-refractivity contribution >= 4 is 34.2 Å². The molecule has 2 nitrogen and oxygen atoms in total. The van der Waals surface area contributed by atoms with Gasteiger partial charge in [-0.1, -0.05) is 63.6 Å². The summed E-state index contributed by atoms with van der Waals surface area (Å²) in [6, 6.07) is 8.39. The highest BCUT2D eigenvalue weighted by atomic mass is 127. The van der Waals surface area contributed by atoms with Crippen LogP contribution in [0.25, 0.3) is 11.4 Å². The van der Waals surface area contributed by atoms with Gasteiger partial charge in [0.25, 0.3) is 0 Å². The van der Waals surface area contributed by atoms with Crippen molar-refractivity contribution in [2.45, 2.75) is 39.5 Å². The first kappa shape index (κ1) is 15.7. The predicted molar refractivity (Wildman–Crippen MR) is 93.4 cm³/mol. The molecule has 0 unspecified atom stereocenters. The monoisotopic (exact) mass is 400 g/mol. The molecule has 0 aliphatic carbocycles. The van der Waals surface area contributed by atoms with E-state index in [1.807, 2.05) is 0 Å². The highest BCUT2D eigenvalue weighted by molar-refractivity contribution is 14.1. The number of halogens is 2. The summed E-state index contributed by atoms with van der Waals surface area (Å²) < 4.78 is 0.946. The minimum atomic E-state index is 0.330. The SMILES string of the molecule is CC(C)c1ccc(-c2nc(Cl)c(I)c(C(C)C)n2)cc1. The van der Waals surface area contributed by atoms with Crippen LogP contribution in [-0.2, 0) is 0 Å². The summed E-state index contributed by atoms with van der Waals surface area (Å²) in [6.45, 7) is 8.60. The maximum Gasteiger partial charge on any atom is 0.161 e. The molecule has 0 amide bonds. The summed E-state index contributed by atoms with van der Waals surface area (Å²) in [4.78, 5) is 9.08. The molecule has 1 heterocycles. The van der Waals surface area contributed by atoms with E-state index in [4.69, 9.17) is 11.6 Å². The Kier molecular flexibility index (Phi) is 5.02. The van der Waals surface area contributed by atoms with Crippen molar-refractivity contribution in [3.8, 4) is 11.4 Å². The van der Waals surface area contributed by atoms with E-state index in [1.54, 1.807) is 0 Å². The number of hydrogen-bond donors (Lipinski definition) is 0. The quantitative estimate of drug-likeness (QED) is 0.491. The van der Waals surface area contributed by atoms with Crippen LogP contribution in [0.15, 0.2) is 24.3 Å². The Bertz CT molecular complexity index is 607. The lowest BCUT2D eigenvalue weighted by atomic mass is 10.0. The molecule has 2 rings (SSSR count). The van der Waals surface area contributed by atoms with Gasteiger partial charge in [-0.2, -0.15) is 0 Å². The van der Waals surface area contributed by atoms with Gasteiger partial charge in [-0.05, 0) is 40.0 Å². The molecule has 0 N–H and O–H groups in total. The number of aromatic nitrogens is 2. The Balaban J connectivity index is 2.47. The standard InChI is InChI=1S/C16H18ClIN2/c1-9(2)11-5-7-12(8-6-11)16-19-14(10(3)4)13(18)15(17)20-16/h5-10H,1-4H3. The third kappa shape index (κ3) is 3.31. The lowest BCUT2D eigenvalue weighted by molar-refractivity contribution is 0.808. The molecule has 0 spiro atoms. The molecule has 0 aliphatic rings. The average Bonchev–Trinajstić information content (AvgIpc) is 2.41. The fraction of sp³-hybridized carbons (Fsp3) is 0.375. The smallest absolute Gasteiger partial charge is 0.161 e. The molecule has 20 heavy (non-hydrogen) atoms. The van der Waals surface area contributed by atoms with Crippen molar-refractivity contribution in [2.75, 3.05) is 0 Å². The van der Waals surface area contributed by atoms with E-state index in [-0.39, 0.29) is 0 Å². The highest BCUT2D eigenvalue weighted by Crippen LogP contribution is 2.28. The lowest BCUT2D eigenvalue weighted by Crippen LogP contribution is -2.02. The zero-order valence-electron chi connectivity index (χ0n) is 12.1. The van der Waals surface area contributed by atoms with E-state index in [0.29, 0.717) is 22.8 Å². The van der Waals surface area contributed by atoms with E-state index >= 15 is 0 Å². The first-order valence-corrected chi connectivity index (χ1v) is 8.19. The minimum absolute atomic E-state index is 0.330. The third-order valence-electron chi connectivity index (χ3n) is 3.22. The number of rotatable bonds is 3. The number of benzene rings is 1. The molecule has 1 aromatic heterocycles. The second-order valence-electron chi connectivity index (χ2n) is 5.47. The van der Waals surface area contributed by atoms with Gasteiger partial charge in [0.1, 0.15) is 5.15 Å². The molecular weight excluding hydrogens is 383 g/mol. The molecule has 106 valence electrons. The van der Waals surface area contributed by atoms with Crippen molar-refractivity contribution in [1.29, 1.82) is 0 Å². The van der Waals surface area contributed by atoms with Gasteiger partial charge in [0.2, 0.25) is 0 Å². The largest absolute Gasteiger partial charge is 0.232 e. The Hall–Kier alpha value is -0.680. The van der Waals surface area contributed by atoms with E-state index in [1.165, 1.54) is 5.56 Å². The van der Waals surface area contributed by atoms with Gasteiger partial charge in [0, 0.05) is 5.56 Å². The molecule has 4 heteroatoms. The molecule has 1 aromatic carbocycles. The topological polar surface area (TPSA) is 25.8 Å². The summed E-state index contributed by atoms with van der Waals surface area (Å²) in [7, 11) is 0. The van der Waals surface area contributed by atoms with Crippen molar-refractivity contribution in [3.63, 3.8) is 0 Å². The number of nitrogens with zero attached hydrogens (tertiary/aromatic N) is 2. The van der Waals surface area contributed by atoms with Gasteiger partial charge in [-0.15, -0.1) is 0 Å². The second kappa shape index (κ2) is 6.39. The number of hydrogen-bond acceptors (Lipinski definition) is 2. The van der Waals surface area contributed by atoms with Gasteiger partial charge in [0.05, 0.1) is 9.26 Å². The summed E-state index contributed by atoms with van der Waals surface area (Å²) >= 11 is 8.45. The predicted octanol–water partition coefficient (Wildman–Crippen LogP) is 5.65. The molecule has 0 fully saturated rings. The van der Waals surface area contributed by atoms with Crippen LogP contribution in [0.2, 0.25) is 5.15 Å². The minimum Gasteiger partial charge on any atom is -0.232 e.